The lowest BCUT2D eigenvalue weighted by molar-refractivity contribution is 0.263. The lowest BCUT2D eigenvalue weighted by atomic mass is 10.1. The quantitative estimate of drug-likeness (QED) is 0.408. The highest BCUT2D eigenvalue weighted by Gasteiger charge is 2.13. The Morgan fingerprint density at radius 1 is 1.00 bits per heavy atom. The van der Waals surface area contributed by atoms with E-state index in [9.17, 15) is 0 Å². The largest absolute Gasteiger partial charge is 0.411 e. The highest BCUT2D eigenvalue weighted by Crippen LogP contribution is 2.06. The number of likely N-dealkylation sites (tertiary alicyclic amines) is 1. The van der Waals surface area contributed by atoms with Crippen molar-refractivity contribution in [1.82, 2.24) is 10.2 Å². The van der Waals surface area contributed by atoms with Crippen LogP contribution in [0.2, 0.25) is 0 Å². The molecule has 0 amide bonds. The molecule has 0 atom stereocenters. The number of nitrogens with one attached hydrogen (secondary N) is 1. The monoisotopic (exact) mass is 285 g/mol. The summed E-state index contributed by atoms with van der Waals surface area (Å²) in [5.74, 6) is 0. The maximum Gasteiger partial charge on any atom is 0.0596 e. The van der Waals surface area contributed by atoms with Crippen molar-refractivity contribution in [2.24, 2.45) is 5.16 Å². The Bertz CT molecular complexity index is 216. The van der Waals surface area contributed by atoms with Crippen molar-refractivity contribution in [2.75, 3.05) is 32.7 Å². The zero-order valence-corrected chi connectivity index (χ0v) is 13.8. The van der Waals surface area contributed by atoms with Crippen molar-refractivity contribution < 1.29 is 5.21 Å². The van der Waals surface area contributed by atoms with Gasteiger partial charge in [-0.3, -0.25) is 0 Å². The van der Waals surface area contributed by atoms with Gasteiger partial charge in [0.2, 0.25) is 0 Å². The van der Waals surface area contributed by atoms with Crippen LogP contribution in [0, 0.1) is 0 Å². The first-order chi connectivity index (χ1) is 9.78. The number of hydrogen-bond acceptors (Lipinski definition) is 4. The molecule has 1 heterocycles. The molecule has 1 rings (SSSR count). The van der Waals surface area contributed by atoms with E-state index in [0.717, 1.165) is 31.6 Å². The zero-order chi connectivity index (χ0) is 15.1. The highest BCUT2D eigenvalue weighted by molar-refractivity contribution is 5.84. The number of unbranched alkanes of at least 4 members (excludes halogenated alkanes) is 2. The standard InChI is InChI=1S/C8H16N2O.C8H19N/c1-2-5-10-6-3-8(9-11)4-7-10;1-3-5-7-9-8-6-4-2/h11H,2-7H2,1H3;9H,3-8H2,1-2H3. The molecule has 0 spiro atoms. The molecular formula is C16H35N3O. The van der Waals surface area contributed by atoms with Gasteiger partial charge in [-0.1, -0.05) is 38.8 Å². The summed E-state index contributed by atoms with van der Waals surface area (Å²) in [7, 11) is 0. The van der Waals surface area contributed by atoms with Gasteiger partial charge in [0.1, 0.15) is 0 Å². The van der Waals surface area contributed by atoms with Crippen LogP contribution in [-0.2, 0) is 0 Å². The second-order valence-corrected chi connectivity index (χ2v) is 5.46. The van der Waals surface area contributed by atoms with E-state index >= 15 is 0 Å². The number of piperidine rings is 1. The van der Waals surface area contributed by atoms with Crippen LogP contribution in [0.4, 0.5) is 0 Å². The topological polar surface area (TPSA) is 47.9 Å². The van der Waals surface area contributed by atoms with Crippen LogP contribution in [-0.4, -0.2) is 48.5 Å². The van der Waals surface area contributed by atoms with Gasteiger partial charge in [-0.15, -0.1) is 0 Å². The van der Waals surface area contributed by atoms with E-state index in [4.69, 9.17) is 5.21 Å². The van der Waals surface area contributed by atoms with Gasteiger partial charge in [0.25, 0.3) is 0 Å². The van der Waals surface area contributed by atoms with Crippen LogP contribution < -0.4 is 5.32 Å². The maximum atomic E-state index is 8.48. The summed E-state index contributed by atoms with van der Waals surface area (Å²) in [5, 5.41) is 15.1. The molecule has 4 heteroatoms. The average molecular weight is 285 g/mol. The van der Waals surface area contributed by atoms with Gasteiger partial charge in [0.15, 0.2) is 0 Å². The summed E-state index contributed by atoms with van der Waals surface area (Å²) in [4.78, 5) is 2.41. The average Bonchev–Trinajstić information content (AvgIpc) is 2.49. The Balaban J connectivity index is 0.000000370. The second-order valence-electron chi connectivity index (χ2n) is 5.46. The van der Waals surface area contributed by atoms with Gasteiger partial charge in [-0.05, 0) is 38.9 Å². The molecule has 20 heavy (non-hydrogen) atoms. The second kappa shape index (κ2) is 14.8. The molecule has 1 fully saturated rings. The summed E-state index contributed by atoms with van der Waals surface area (Å²) < 4.78 is 0. The predicted octanol–water partition coefficient (Wildman–Crippen LogP) is 3.50. The van der Waals surface area contributed by atoms with Crippen LogP contribution >= 0.6 is 0 Å². The van der Waals surface area contributed by atoms with E-state index in [1.54, 1.807) is 0 Å². The molecule has 0 aliphatic carbocycles. The molecule has 120 valence electrons. The van der Waals surface area contributed by atoms with E-state index < -0.39 is 0 Å². The fourth-order valence-electron chi connectivity index (χ4n) is 2.18. The Morgan fingerprint density at radius 3 is 1.95 bits per heavy atom. The zero-order valence-electron chi connectivity index (χ0n) is 13.8. The predicted molar refractivity (Wildman–Crippen MR) is 87.9 cm³/mol. The minimum atomic E-state index is 0.941. The van der Waals surface area contributed by atoms with Gasteiger partial charge in [0, 0.05) is 25.9 Å². The van der Waals surface area contributed by atoms with E-state index in [0.29, 0.717) is 0 Å². The molecule has 0 bridgehead atoms. The first-order valence-electron chi connectivity index (χ1n) is 8.41. The first-order valence-corrected chi connectivity index (χ1v) is 8.41. The number of rotatable bonds is 8. The SMILES string of the molecule is CCCCNCCCC.CCCN1CCC(=NO)CC1. The highest BCUT2D eigenvalue weighted by atomic mass is 16.4. The van der Waals surface area contributed by atoms with E-state index in [-0.39, 0.29) is 0 Å². The summed E-state index contributed by atoms with van der Waals surface area (Å²) in [6, 6.07) is 0. The minimum absolute atomic E-state index is 0.941. The van der Waals surface area contributed by atoms with Crippen LogP contribution in [0.5, 0.6) is 0 Å². The normalized spacial score (nSPS) is 15.7. The van der Waals surface area contributed by atoms with Gasteiger partial charge in [-0.2, -0.15) is 0 Å². The molecule has 0 saturated carbocycles. The van der Waals surface area contributed by atoms with Crippen LogP contribution in [0.15, 0.2) is 5.16 Å². The fraction of sp³-hybridized carbons (Fsp3) is 0.938. The smallest absolute Gasteiger partial charge is 0.0596 e. The summed E-state index contributed by atoms with van der Waals surface area (Å²) in [6.07, 6.45) is 8.35. The fourth-order valence-corrected chi connectivity index (χ4v) is 2.18. The van der Waals surface area contributed by atoms with Crippen molar-refractivity contribution >= 4 is 5.71 Å². The Hall–Kier alpha value is -0.610. The minimum Gasteiger partial charge on any atom is -0.411 e. The third-order valence-electron chi connectivity index (χ3n) is 3.53. The molecule has 2 N–H and O–H groups in total. The van der Waals surface area contributed by atoms with Crippen molar-refractivity contribution in [1.29, 1.82) is 0 Å². The maximum absolute atomic E-state index is 8.48. The third kappa shape index (κ3) is 11.2. The van der Waals surface area contributed by atoms with Gasteiger partial charge in [0.05, 0.1) is 5.71 Å². The Kier molecular flexibility index (Phi) is 14.3. The van der Waals surface area contributed by atoms with E-state index in [2.05, 4.69) is 36.1 Å². The molecule has 0 aromatic rings. The van der Waals surface area contributed by atoms with Gasteiger partial charge in [-0.25, -0.2) is 0 Å². The molecule has 0 radical (unpaired) electrons. The lowest BCUT2D eigenvalue weighted by Crippen LogP contribution is -2.34. The first kappa shape index (κ1) is 19.4. The van der Waals surface area contributed by atoms with Crippen molar-refractivity contribution in [3.05, 3.63) is 0 Å². The van der Waals surface area contributed by atoms with Gasteiger partial charge >= 0.3 is 0 Å². The van der Waals surface area contributed by atoms with E-state index in [1.165, 1.54) is 51.7 Å². The van der Waals surface area contributed by atoms with Crippen LogP contribution in [0.1, 0.15) is 65.7 Å². The van der Waals surface area contributed by atoms with Crippen molar-refractivity contribution in [3.8, 4) is 0 Å². The lowest BCUT2D eigenvalue weighted by Gasteiger charge is -2.26. The Labute approximate surface area is 125 Å². The Morgan fingerprint density at radius 2 is 1.55 bits per heavy atom. The number of oxime groups is 1. The molecule has 1 saturated heterocycles. The molecule has 0 aromatic carbocycles. The summed E-state index contributed by atoms with van der Waals surface area (Å²) in [6.45, 7) is 12.4. The van der Waals surface area contributed by atoms with Crippen molar-refractivity contribution in [3.63, 3.8) is 0 Å². The third-order valence-corrected chi connectivity index (χ3v) is 3.53. The summed E-state index contributed by atoms with van der Waals surface area (Å²) >= 11 is 0. The van der Waals surface area contributed by atoms with Gasteiger partial charge < -0.3 is 15.4 Å². The van der Waals surface area contributed by atoms with Crippen molar-refractivity contribution in [2.45, 2.75) is 65.7 Å². The van der Waals surface area contributed by atoms with E-state index in [1.807, 2.05) is 0 Å². The number of hydrogen-bond donors (Lipinski definition) is 2. The van der Waals surface area contributed by atoms with Crippen LogP contribution in [0.25, 0.3) is 0 Å². The molecule has 0 unspecified atom stereocenters. The van der Waals surface area contributed by atoms with Crippen LogP contribution in [0.3, 0.4) is 0 Å². The summed E-state index contributed by atoms with van der Waals surface area (Å²) in [5.41, 5.74) is 0.956. The molecule has 1 aliphatic heterocycles. The molecular weight excluding hydrogens is 250 g/mol. The number of nitrogens with zero attached hydrogens (tertiary/aromatic N) is 2. The molecule has 1 aliphatic rings. The molecule has 0 aromatic heterocycles. The molecule has 4 nitrogen and oxygen atoms in total.